The van der Waals surface area contributed by atoms with Crippen LogP contribution >= 0.6 is 0 Å². The van der Waals surface area contributed by atoms with Crippen molar-refractivity contribution in [2.45, 2.75) is 33.6 Å². The van der Waals surface area contributed by atoms with Crippen LogP contribution in [0.3, 0.4) is 0 Å². The van der Waals surface area contributed by atoms with Gasteiger partial charge in [-0.25, -0.2) is 0 Å². The Morgan fingerprint density at radius 2 is 1.94 bits per heavy atom. The molecule has 18 heavy (non-hydrogen) atoms. The lowest BCUT2D eigenvalue weighted by molar-refractivity contribution is -0.148. The Hall–Kier alpha value is -1.19. The van der Waals surface area contributed by atoms with E-state index in [0.29, 0.717) is 12.8 Å². The minimum Gasteiger partial charge on any atom is -0.469 e. The van der Waals surface area contributed by atoms with Crippen molar-refractivity contribution < 1.29 is 19.1 Å². The van der Waals surface area contributed by atoms with E-state index in [1.54, 1.807) is 13.8 Å². The topological polar surface area (TPSA) is 60.4 Å². The van der Waals surface area contributed by atoms with Crippen molar-refractivity contribution in [1.29, 1.82) is 0 Å². The summed E-state index contributed by atoms with van der Waals surface area (Å²) in [5, 5.41) is 0. The highest BCUT2D eigenvalue weighted by Gasteiger charge is 2.56. The molecule has 4 heteroatoms. The maximum absolute atomic E-state index is 12.4. The first kappa shape index (κ1) is 13.2. The van der Waals surface area contributed by atoms with E-state index in [1.165, 1.54) is 7.11 Å². The van der Waals surface area contributed by atoms with Gasteiger partial charge in [0, 0.05) is 12.3 Å². The molecule has 0 aliphatic heterocycles. The molecule has 0 bridgehead atoms. The average Bonchev–Trinajstić information content (AvgIpc) is 2.64. The normalized spacial score (nSPS) is 38.4. The summed E-state index contributed by atoms with van der Waals surface area (Å²) in [7, 11) is 1.37. The third-order valence-electron chi connectivity index (χ3n) is 4.91. The molecule has 0 spiro atoms. The van der Waals surface area contributed by atoms with Crippen LogP contribution in [0.15, 0.2) is 0 Å². The molecule has 0 aromatic carbocycles. The third-order valence-corrected chi connectivity index (χ3v) is 4.91. The Morgan fingerprint density at radius 3 is 2.50 bits per heavy atom. The number of methoxy groups -OCH3 is 1. The summed E-state index contributed by atoms with van der Waals surface area (Å²) >= 11 is 0. The molecule has 0 amide bonds. The van der Waals surface area contributed by atoms with Crippen LogP contribution in [0, 0.1) is 29.1 Å². The zero-order valence-electron chi connectivity index (χ0n) is 11.4. The molecule has 0 aromatic rings. The Balaban J connectivity index is 2.28. The number of fused-ring (bicyclic) bond motifs is 1. The number of Topliss-reactive ketones (excluding diaryl/α,β-unsaturated/α-hetero) is 2. The fourth-order valence-corrected chi connectivity index (χ4v) is 3.49. The largest absolute Gasteiger partial charge is 0.469 e. The standard InChI is InChI=1S/C14H20O4/c1-7-8-6-11(15)14(2,3)12(16)10(8)5-9(7)13(17)18-4/h7-10H,5-6H2,1-4H3/t7-,8+,9-,10-/m0/s1. The van der Waals surface area contributed by atoms with Gasteiger partial charge in [-0.3, -0.25) is 14.4 Å². The Morgan fingerprint density at radius 1 is 1.33 bits per heavy atom. The molecule has 2 saturated carbocycles. The van der Waals surface area contributed by atoms with Gasteiger partial charge >= 0.3 is 5.97 Å². The van der Waals surface area contributed by atoms with Crippen LogP contribution < -0.4 is 0 Å². The monoisotopic (exact) mass is 252 g/mol. The Bertz CT molecular complexity index is 410. The number of carbonyl (C=O) groups excluding carboxylic acids is 3. The van der Waals surface area contributed by atoms with Gasteiger partial charge in [-0.15, -0.1) is 0 Å². The lowest BCUT2D eigenvalue weighted by atomic mass is 9.65. The molecular formula is C14H20O4. The molecule has 0 radical (unpaired) electrons. The first-order valence-corrected chi connectivity index (χ1v) is 6.46. The molecule has 0 aromatic heterocycles. The second-order valence-electron chi connectivity index (χ2n) is 6.11. The van der Waals surface area contributed by atoms with Crippen molar-refractivity contribution in [3.63, 3.8) is 0 Å². The fraction of sp³-hybridized carbons (Fsp3) is 0.786. The predicted molar refractivity (Wildman–Crippen MR) is 64.7 cm³/mol. The van der Waals surface area contributed by atoms with Gasteiger partial charge in [0.05, 0.1) is 18.4 Å². The lowest BCUT2D eigenvalue weighted by Crippen LogP contribution is -2.46. The van der Waals surface area contributed by atoms with Gasteiger partial charge in [0.15, 0.2) is 0 Å². The van der Waals surface area contributed by atoms with Crippen molar-refractivity contribution in [2.75, 3.05) is 7.11 Å². The summed E-state index contributed by atoms with van der Waals surface area (Å²) in [5.74, 6) is -0.580. The van der Waals surface area contributed by atoms with Gasteiger partial charge in [-0.05, 0) is 32.1 Å². The molecule has 2 rings (SSSR count). The predicted octanol–water partition coefficient (Wildman–Crippen LogP) is 1.62. The molecule has 0 N–H and O–H groups in total. The number of hydrogen-bond donors (Lipinski definition) is 0. The van der Waals surface area contributed by atoms with Gasteiger partial charge in [0.25, 0.3) is 0 Å². The first-order chi connectivity index (χ1) is 8.30. The van der Waals surface area contributed by atoms with Crippen molar-refractivity contribution in [1.82, 2.24) is 0 Å². The molecule has 0 heterocycles. The van der Waals surface area contributed by atoms with E-state index in [4.69, 9.17) is 4.74 Å². The highest BCUT2D eigenvalue weighted by molar-refractivity contribution is 6.09. The maximum Gasteiger partial charge on any atom is 0.308 e. The second kappa shape index (κ2) is 4.18. The number of esters is 1. The van der Waals surface area contributed by atoms with Crippen LogP contribution in [-0.4, -0.2) is 24.6 Å². The number of ketones is 2. The summed E-state index contributed by atoms with van der Waals surface area (Å²) < 4.78 is 4.79. The highest BCUT2D eigenvalue weighted by Crippen LogP contribution is 2.50. The van der Waals surface area contributed by atoms with Crippen LogP contribution in [0.2, 0.25) is 0 Å². The van der Waals surface area contributed by atoms with Gasteiger partial charge in [0.1, 0.15) is 11.6 Å². The van der Waals surface area contributed by atoms with Crippen LogP contribution in [0.1, 0.15) is 33.6 Å². The van der Waals surface area contributed by atoms with Gasteiger partial charge in [0.2, 0.25) is 0 Å². The average molecular weight is 252 g/mol. The number of carbonyl (C=O) groups is 3. The number of hydrogen-bond acceptors (Lipinski definition) is 4. The van der Waals surface area contributed by atoms with E-state index >= 15 is 0 Å². The smallest absolute Gasteiger partial charge is 0.308 e. The molecule has 100 valence electrons. The van der Waals surface area contributed by atoms with E-state index in [0.717, 1.165) is 0 Å². The van der Waals surface area contributed by atoms with E-state index in [-0.39, 0.29) is 41.2 Å². The van der Waals surface area contributed by atoms with Crippen molar-refractivity contribution in [2.24, 2.45) is 29.1 Å². The molecule has 4 nitrogen and oxygen atoms in total. The molecule has 0 saturated heterocycles. The second-order valence-corrected chi connectivity index (χ2v) is 6.11. The number of rotatable bonds is 1. The summed E-state index contributed by atoms with van der Waals surface area (Å²) in [5.41, 5.74) is -0.883. The van der Waals surface area contributed by atoms with Crippen LogP contribution in [0.4, 0.5) is 0 Å². The quantitative estimate of drug-likeness (QED) is 0.525. The minimum absolute atomic E-state index is 0.00185. The molecule has 2 fully saturated rings. The van der Waals surface area contributed by atoms with Crippen molar-refractivity contribution >= 4 is 17.5 Å². The summed E-state index contributed by atoms with van der Waals surface area (Å²) in [4.78, 5) is 36.1. The van der Waals surface area contributed by atoms with E-state index in [2.05, 4.69) is 0 Å². The fourth-order valence-electron chi connectivity index (χ4n) is 3.49. The zero-order chi connectivity index (χ0) is 13.7. The van der Waals surface area contributed by atoms with Gasteiger partial charge in [-0.2, -0.15) is 0 Å². The SMILES string of the molecule is COC(=O)[C@H]1C[C@@H]2C(=O)C(C)(C)C(=O)C[C@@H]2[C@@H]1C. The highest BCUT2D eigenvalue weighted by atomic mass is 16.5. The molecule has 4 atom stereocenters. The minimum atomic E-state index is -0.883. The van der Waals surface area contributed by atoms with E-state index in [9.17, 15) is 14.4 Å². The van der Waals surface area contributed by atoms with Crippen molar-refractivity contribution in [3.8, 4) is 0 Å². The third kappa shape index (κ3) is 1.70. The van der Waals surface area contributed by atoms with Gasteiger partial charge < -0.3 is 4.74 Å². The van der Waals surface area contributed by atoms with Crippen LogP contribution in [-0.2, 0) is 19.1 Å². The molecule has 0 unspecified atom stereocenters. The summed E-state index contributed by atoms with van der Waals surface area (Å²) in [6, 6.07) is 0. The molecule has 2 aliphatic rings. The number of ether oxygens (including phenoxy) is 1. The molecular weight excluding hydrogens is 232 g/mol. The van der Waals surface area contributed by atoms with Crippen LogP contribution in [0.25, 0.3) is 0 Å². The molecule has 2 aliphatic carbocycles. The first-order valence-electron chi connectivity index (χ1n) is 6.46. The summed E-state index contributed by atoms with van der Waals surface area (Å²) in [6.07, 6.45) is 0.951. The summed E-state index contributed by atoms with van der Waals surface area (Å²) in [6.45, 7) is 5.35. The lowest BCUT2D eigenvalue weighted by Gasteiger charge is -2.35. The Labute approximate surface area is 107 Å². The van der Waals surface area contributed by atoms with E-state index in [1.807, 2.05) is 6.92 Å². The van der Waals surface area contributed by atoms with E-state index < -0.39 is 5.41 Å². The zero-order valence-corrected chi connectivity index (χ0v) is 11.4. The van der Waals surface area contributed by atoms with Crippen molar-refractivity contribution in [3.05, 3.63) is 0 Å². The van der Waals surface area contributed by atoms with Gasteiger partial charge in [-0.1, -0.05) is 6.92 Å². The Kier molecular flexibility index (Phi) is 3.07. The van der Waals surface area contributed by atoms with Crippen LogP contribution in [0.5, 0.6) is 0 Å². The maximum atomic E-state index is 12.4.